The predicted molar refractivity (Wildman–Crippen MR) is 89.2 cm³/mol. The number of likely N-dealkylation sites (tertiary alicyclic amines) is 1. The summed E-state index contributed by atoms with van der Waals surface area (Å²) in [6.07, 6.45) is 9.72. The minimum atomic E-state index is 0.640. The first-order chi connectivity index (χ1) is 10.6. The van der Waals surface area contributed by atoms with Crippen LogP contribution in [-0.2, 0) is 13.1 Å². The Labute approximate surface area is 141 Å². The molecule has 1 aliphatic heterocycles. The van der Waals surface area contributed by atoms with Crippen LogP contribution in [0, 0.1) is 12.8 Å². The first kappa shape index (κ1) is 15.8. The number of aryl methyl sites for hydroxylation is 1. The van der Waals surface area contributed by atoms with E-state index >= 15 is 0 Å². The summed E-state index contributed by atoms with van der Waals surface area (Å²) in [4.78, 5) is 10.8. The molecule has 3 heterocycles. The molecule has 0 unspecified atom stereocenters. The van der Waals surface area contributed by atoms with Crippen LogP contribution in [0.3, 0.4) is 0 Å². The number of imidazole rings is 1. The van der Waals surface area contributed by atoms with E-state index in [1.165, 1.54) is 12.8 Å². The highest BCUT2D eigenvalue weighted by Gasteiger charge is 2.22. The third kappa shape index (κ3) is 3.62. The van der Waals surface area contributed by atoms with Gasteiger partial charge in [0.1, 0.15) is 5.82 Å². The number of piperidine rings is 1. The highest BCUT2D eigenvalue weighted by molar-refractivity contribution is 6.35. The highest BCUT2D eigenvalue weighted by atomic mass is 35.5. The molecular formula is C16H20Cl2N4. The van der Waals surface area contributed by atoms with E-state index in [9.17, 15) is 0 Å². The van der Waals surface area contributed by atoms with Crippen LogP contribution in [0.4, 0.5) is 0 Å². The molecule has 0 aromatic carbocycles. The van der Waals surface area contributed by atoms with E-state index in [2.05, 4.69) is 32.6 Å². The zero-order chi connectivity index (χ0) is 15.5. The van der Waals surface area contributed by atoms with Gasteiger partial charge < -0.3 is 4.57 Å². The summed E-state index contributed by atoms with van der Waals surface area (Å²) in [5.41, 5.74) is 0.984. The summed E-state index contributed by atoms with van der Waals surface area (Å²) < 4.78 is 2.24. The Morgan fingerprint density at radius 2 is 2.05 bits per heavy atom. The summed E-state index contributed by atoms with van der Waals surface area (Å²) >= 11 is 12.5. The molecule has 1 fully saturated rings. The summed E-state index contributed by atoms with van der Waals surface area (Å²) in [5.74, 6) is 1.72. The van der Waals surface area contributed by atoms with Gasteiger partial charge in [0, 0.05) is 50.0 Å². The first-order valence-electron chi connectivity index (χ1n) is 7.61. The van der Waals surface area contributed by atoms with Crippen LogP contribution in [0.2, 0.25) is 10.0 Å². The Kier molecular flexibility index (Phi) is 5.01. The van der Waals surface area contributed by atoms with Gasteiger partial charge in [-0.25, -0.2) is 4.98 Å². The summed E-state index contributed by atoms with van der Waals surface area (Å²) in [7, 11) is 0. The number of hydrogen-bond acceptors (Lipinski definition) is 3. The maximum atomic E-state index is 6.24. The summed E-state index contributed by atoms with van der Waals surface area (Å²) in [6.45, 7) is 6.03. The third-order valence-corrected chi connectivity index (χ3v) is 4.97. The predicted octanol–water partition coefficient (Wildman–Crippen LogP) is 3.81. The van der Waals surface area contributed by atoms with Gasteiger partial charge in [-0.3, -0.25) is 9.88 Å². The fourth-order valence-corrected chi connectivity index (χ4v) is 3.62. The third-order valence-electron chi connectivity index (χ3n) is 4.32. The lowest BCUT2D eigenvalue weighted by Gasteiger charge is -2.33. The number of rotatable bonds is 4. The number of aromatic nitrogens is 3. The van der Waals surface area contributed by atoms with Crippen molar-refractivity contribution < 1.29 is 0 Å². The smallest absolute Gasteiger partial charge is 0.105 e. The van der Waals surface area contributed by atoms with E-state index in [1.54, 1.807) is 12.4 Å². The molecule has 22 heavy (non-hydrogen) atoms. The van der Waals surface area contributed by atoms with Crippen molar-refractivity contribution >= 4 is 23.2 Å². The van der Waals surface area contributed by atoms with Gasteiger partial charge in [-0.15, -0.1) is 0 Å². The normalized spacial score (nSPS) is 19.5. The molecule has 0 amide bonds. The second kappa shape index (κ2) is 6.99. The molecule has 2 aromatic rings. The van der Waals surface area contributed by atoms with Gasteiger partial charge in [0.05, 0.1) is 10.0 Å². The van der Waals surface area contributed by atoms with Gasteiger partial charge >= 0.3 is 0 Å². The van der Waals surface area contributed by atoms with Crippen LogP contribution in [0.25, 0.3) is 0 Å². The Morgan fingerprint density at radius 1 is 1.27 bits per heavy atom. The fraction of sp³-hybridized carbons (Fsp3) is 0.500. The largest absolute Gasteiger partial charge is 0.335 e. The Hall–Kier alpha value is -1.10. The summed E-state index contributed by atoms with van der Waals surface area (Å²) in [5, 5.41) is 1.31. The second-order valence-corrected chi connectivity index (χ2v) is 6.77. The van der Waals surface area contributed by atoms with Crippen molar-refractivity contribution in [2.75, 3.05) is 13.1 Å². The first-order valence-corrected chi connectivity index (χ1v) is 8.37. The van der Waals surface area contributed by atoms with Crippen molar-refractivity contribution in [2.45, 2.75) is 32.9 Å². The topological polar surface area (TPSA) is 34.0 Å². The highest BCUT2D eigenvalue weighted by Crippen LogP contribution is 2.27. The lowest BCUT2D eigenvalue weighted by atomic mass is 9.97. The quantitative estimate of drug-likeness (QED) is 0.850. The van der Waals surface area contributed by atoms with Crippen LogP contribution in [-0.4, -0.2) is 32.5 Å². The molecule has 4 nitrogen and oxygen atoms in total. The zero-order valence-corrected chi connectivity index (χ0v) is 14.2. The maximum Gasteiger partial charge on any atom is 0.105 e. The molecule has 0 bridgehead atoms. The molecule has 118 valence electrons. The standard InChI is InChI=1S/C16H20Cl2N4/c1-12-20-4-6-22(12)10-13-3-2-5-21(9-13)11-14-15(17)7-19-8-16(14)18/h4,6-8,13H,2-3,5,9-11H2,1H3/t13-/m1/s1. The van der Waals surface area contributed by atoms with Crippen LogP contribution in [0.15, 0.2) is 24.8 Å². The zero-order valence-electron chi connectivity index (χ0n) is 12.7. The minimum absolute atomic E-state index is 0.640. The average molecular weight is 339 g/mol. The van der Waals surface area contributed by atoms with Crippen LogP contribution < -0.4 is 0 Å². The van der Waals surface area contributed by atoms with E-state index in [1.807, 2.05) is 6.20 Å². The van der Waals surface area contributed by atoms with E-state index in [0.29, 0.717) is 16.0 Å². The molecule has 0 spiro atoms. The molecule has 1 atom stereocenters. The van der Waals surface area contributed by atoms with E-state index in [0.717, 1.165) is 37.6 Å². The van der Waals surface area contributed by atoms with Gasteiger partial charge in [-0.2, -0.15) is 0 Å². The van der Waals surface area contributed by atoms with E-state index in [4.69, 9.17) is 23.2 Å². The molecule has 0 radical (unpaired) electrons. The number of halogens is 2. The van der Waals surface area contributed by atoms with E-state index in [-0.39, 0.29) is 0 Å². The number of nitrogens with zero attached hydrogens (tertiary/aromatic N) is 4. The number of hydrogen-bond donors (Lipinski definition) is 0. The van der Waals surface area contributed by atoms with Crippen molar-refractivity contribution in [2.24, 2.45) is 5.92 Å². The van der Waals surface area contributed by atoms with Crippen LogP contribution >= 0.6 is 23.2 Å². The molecule has 0 saturated carbocycles. The van der Waals surface area contributed by atoms with E-state index < -0.39 is 0 Å². The Morgan fingerprint density at radius 3 is 2.73 bits per heavy atom. The van der Waals surface area contributed by atoms with Crippen molar-refractivity contribution in [3.63, 3.8) is 0 Å². The van der Waals surface area contributed by atoms with Gasteiger partial charge in [-0.05, 0) is 32.2 Å². The van der Waals surface area contributed by atoms with Crippen LogP contribution in [0.1, 0.15) is 24.2 Å². The molecule has 6 heteroatoms. The molecule has 0 aliphatic carbocycles. The van der Waals surface area contributed by atoms with Crippen molar-refractivity contribution in [3.8, 4) is 0 Å². The molecule has 2 aromatic heterocycles. The minimum Gasteiger partial charge on any atom is -0.335 e. The molecule has 1 saturated heterocycles. The molecule has 0 N–H and O–H groups in total. The number of pyridine rings is 1. The molecular weight excluding hydrogens is 319 g/mol. The van der Waals surface area contributed by atoms with Crippen molar-refractivity contribution in [1.82, 2.24) is 19.4 Å². The fourth-order valence-electron chi connectivity index (χ4n) is 3.13. The van der Waals surface area contributed by atoms with Gasteiger partial charge in [0.15, 0.2) is 0 Å². The molecule has 3 rings (SSSR count). The van der Waals surface area contributed by atoms with Gasteiger partial charge in [0.25, 0.3) is 0 Å². The Bertz CT molecular complexity index is 621. The van der Waals surface area contributed by atoms with Gasteiger partial charge in [-0.1, -0.05) is 23.2 Å². The lowest BCUT2D eigenvalue weighted by Crippen LogP contribution is -2.36. The average Bonchev–Trinajstić information content (AvgIpc) is 2.89. The van der Waals surface area contributed by atoms with Crippen molar-refractivity contribution in [3.05, 3.63) is 46.2 Å². The molecule has 1 aliphatic rings. The maximum absolute atomic E-state index is 6.24. The van der Waals surface area contributed by atoms with Crippen molar-refractivity contribution in [1.29, 1.82) is 0 Å². The second-order valence-electron chi connectivity index (χ2n) is 5.95. The SMILES string of the molecule is Cc1nccn1C[C@@H]1CCCN(Cc2c(Cl)cncc2Cl)C1. The Balaban J connectivity index is 1.65. The van der Waals surface area contributed by atoms with Gasteiger partial charge in [0.2, 0.25) is 0 Å². The van der Waals surface area contributed by atoms with Crippen LogP contribution in [0.5, 0.6) is 0 Å². The lowest BCUT2D eigenvalue weighted by molar-refractivity contribution is 0.155. The monoisotopic (exact) mass is 338 g/mol. The summed E-state index contributed by atoms with van der Waals surface area (Å²) in [6, 6.07) is 0.